The van der Waals surface area contributed by atoms with Crippen molar-refractivity contribution in [2.24, 2.45) is 7.05 Å². The topological polar surface area (TPSA) is 43.0 Å². The molecule has 0 aliphatic rings. The second-order valence-electron chi connectivity index (χ2n) is 2.89. The van der Waals surface area contributed by atoms with Gasteiger partial charge in [-0.1, -0.05) is 0 Å². The maximum Gasteiger partial charge on any atom is 0.0952 e. The minimum absolute atomic E-state index is 0.766. The van der Waals surface area contributed by atoms with Crippen LogP contribution in [0, 0.1) is 0 Å². The van der Waals surface area contributed by atoms with Crippen molar-refractivity contribution >= 4 is 5.69 Å². The van der Waals surface area contributed by atoms with Crippen molar-refractivity contribution in [2.45, 2.75) is 6.54 Å². The van der Waals surface area contributed by atoms with Crippen molar-refractivity contribution in [3.63, 3.8) is 0 Å². The largest absolute Gasteiger partial charge is 0.472 e. The molecule has 2 rings (SSSR count). The molecule has 0 aliphatic heterocycles. The molecule has 0 spiro atoms. The first-order valence-electron chi connectivity index (χ1n) is 4.08. The summed E-state index contributed by atoms with van der Waals surface area (Å²) < 4.78 is 6.71. The summed E-state index contributed by atoms with van der Waals surface area (Å²) in [5, 5.41) is 7.27. The molecule has 0 radical (unpaired) electrons. The van der Waals surface area contributed by atoms with Gasteiger partial charge in [-0.2, -0.15) is 5.10 Å². The Bertz CT molecular complexity index is 364. The highest BCUT2D eigenvalue weighted by Gasteiger charge is 1.96. The molecule has 2 heterocycles. The van der Waals surface area contributed by atoms with Crippen molar-refractivity contribution < 1.29 is 4.42 Å². The molecular weight excluding hydrogens is 166 g/mol. The Labute approximate surface area is 76.2 Å². The molecule has 2 aromatic rings. The minimum Gasteiger partial charge on any atom is -0.472 e. The maximum absolute atomic E-state index is 4.95. The predicted molar refractivity (Wildman–Crippen MR) is 49.2 cm³/mol. The van der Waals surface area contributed by atoms with Crippen LogP contribution in [0.15, 0.2) is 35.4 Å². The lowest BCUT2D eigenvalue weighted by Gasteiger charge is -1.98. The fourth-order valence-corrected chi connectivity index (χ4v) is 1.11. The summed E-state index contributed by atoms with van der Waals surface area (Å²) >= 11 is 0. The van der Waals surface area contributed by atoms with E-state index in [9.17, 15) is 0 Å². The predicted octanol–water partition coefficient (Wildman–Crippen LogP) is 1.63. The van der Waals surface area contributed by atoms with Gasteiger partial charge < -0.3 is 9.73 Å². The maximum atomic E-state index is 4.95. The molecule has 0 fully saturated rings. The van der Waals surface area contributed by atoms with Gasteiger partial charge in [0.1, 0.15) is 0 Å². The lowest BCUT2D eigenvalue weighted by atomic mass is 10.3. The van der Waals surface area contributed by atoms with Gasteiger partial charge in [-0.25, -0.2) is 0 Å². The fourth-order valence-electron chi connectivity index (χ4n) is 1.11. The summed E-state index contributed by atoms with van der Waals surface area (Å²) in [6.45, 7) is 0.766. The Morgan fingerprint density at radius 3 is 3.15 bits per heavy atom. The van der Waals surface area contributed by atoms with Gasteiger partial charge in [0.15, 0.2) is 0 Å². The van der Waals surface area contributed by atoms with Crippen molar-refractivity contribution in [3.05, 3.63) is 36.5 Å². The van der Waals surface area contributed by atoms with Crippen LogP contribution in [-0.4, -0.2) is 9.78 Å². The first-order valence-corrected chi connectivity index (χ1v) is 4.08. The van der Waals surface area contributed by atoms with E-state index in [-0.39, 0.29) is 0 Å². The van der Waals surface area contributed by atoms with Crippen LogP contribution in [0.3, 0.4) is 0 Å². The van der Waals surface area contributed by atoms with Crippen LogP contribution in [0.2, 0.25) is 0 Å². The van der Waals surface area contributed by atoms with Crippen LogP contribution in [0.5, 0.6) is 0 Å². The van der Waals surface area contributed by atoms with E-state index in [1.165, 1.54) is 0 Å². The SMILES string of the molecule is Cn1cc(NCc2ccoc2)cn1. The molecule has 0 saturated heterocycles. The molecule has 0 unspecified atom stereocenters. The average Bonchev–Trinajstić information content (AvgIpc) is 2.71. The number of hydrogen-bond acceptors (Lipinski definition) is 3. The number of hydrogen-bond donors (Lipinski definition) is 1. The van der Waals surface area contributed by atoms with Crippen LogP contribution in [0.4, 0.5) is 5.69 Å². The zero-order valence-corrected chi connectivity index (χ0v) is 7.40. The lowest BCUT2D eigenvalue weighted by molar-refractivity contribution is 0.564. The van der Waals surface area contributed by atoms with E-state index in [2.05, 4.69) is 10.4 Å². The number of rotatable bonds is 3. The molecular formula is C9H11N3O. The first kappa shape index (κ1) is 7.91. The molecule has 2 aromatic heterocycles. The minimum atomic E-state index is 0.766. The molecule has 0 saturated carbocycles. The van der Waals surface area contributed by atoms with Crippen molar-refractivity contribution in [2.75, 3.05) is 5.32 Å². The first-order chi connectivity index (χ1) is 6.34. The van der Waals surface area contributed by atoms with Crippen LogP contribution in [0.25, 0.3) is 0 Å². The van der Waals surface area contributed by atoms with Crippen molar-refractivity contribution in [1.29, 1.82) is 0 Å². The van der Waals surface area contributed by atoms with Gasteiger partial charge in [0.05, 0.1) is 24.4 Å². The Kier molecular flexibility index (Phi) is 2.04. The summed E-state index contributed by atoms with van der Waals surface area (Å²) in [7, 11) is 1.89. The van der Waals surface area contributed by atoms with Crippen molar-refractivity contribution in [1.82, 2.24) is 9.78 Å². The van der Waals surface area contributed by atoms with E-state index >= 15 is 0 Å². The van der Waals surface area contributed by atoms with Crippen LogP contribution in [0.1, 0.15) is 5.56 Å². The molecule has 4 nitrogen and oxygen atoms in total. The Hall–Kier alpha value is -1.71. The molecule has 4 heteroatoms. The molecule has 0 aliphatic carbocycles. The highest BCUT2D eigenvalue weighted by atomic mass is 16.3. The second-order valence-corrected chi connectivity index (χ2v) is 2.89. The number of nitrogens with one attached hydrogen (secondary N) is 1. The normalized spacial score (nSPS) is 10.2. The molecule has 0 bridgehead atoms. The average molecular weight is 177 g/mol. The van der Waals surface area contributed by atoms with Crippen LogP contribution in [-0.2, 0) is 13.6 Å². The lowest BCUT2D eigenvalue weighted by Crippen LogP contribution is -1.96. The molecule has 0 aromatic carbocycles. The van der Waals surface area contributed by atoms with Gasteiger partial charge in [-0.3, -0.25) is 4.68 Å². The third-order valence-electron chi connectivity index (χ3n) is 1.78. The van der Waals surface area contributed by atoms with Gasteiger partial charge in [0.2, 0.25) is 0 Å². The highest BCUT2D eigenvalue weighted by molar-refractivity contribution is 5.38. The van der Waals surface area contributed by atoms with Gasteiger partial charge >= 0.3 is 0 Å². The Morgan fingerprint density at radius 2 is 2.54 bits per heavy atom. The third-order valence-corrected chi connectivity index (χ3v) is 1.78. The molecule has 0 atom stereocenters. The van der Waals surface area contributed by atoms with Crippen LogP contribution >= 0.6 is 0 Å². The number of furan rings is 1. The van der Waals surface area contributed by atoms with E-state index in [4.69, 9.17) is 4.42 Å². The molecule has 13 heavy (non-hydrogen) atoms. The highest BCUT2D eigenvalue weighted by Crippen LogP contribution is 2.07. The van der Waals surface area contributed by atoms with Gasteiger partial charge in [0, 0.05) is 25.4 Å². The summed E-state index contributed by atoms with van der Waals surface area (Å²) in [6, 6.07) is 1.93. The Balaban J connectivity index is 1.93. The van der Waals surface area contributed by atoms with Crippen LogP contribution < -0.4 is 5.32 Å². The smallest absolute Gasteiger partial charge is 0.0952 e. The van der Waals surface area contributed by atoms with Gasteiger partial charge in [0.25, 0.3) is 0 Å². The zero-order valence-electron chi connectivity index (χ0n) is 7.40. The fraction of sp³-hybridized carbons (Fsp3) is 0.222. The van der Waals surface area contributed by atoms with E-state index in [1.54, 1.807) is 23.4 Å². The summed E-state index contributed by atoms with van der Waals surface area (Å²) in [5.41, 5.74) is 2.15. The standard InChI is InChI=1S/C9H11N3O/c1-12-6-9(5-11-12)10-4-8-2-3-13-7-8/h2-3,5-7,10H,4H2,1H3. The summed E-state index contributed by atoms with van der Waals surface area (Å²) in [5.74, 6) is 0. The number of anilines is 1. The van der Waals surface area contributed by atoms with Crippen molar-refractivity contribution in [3.8, 4) is 0 Å². The quantitative estimate of drug-likeness (QED) is 0.774. The zero-order chi connectivity index (χ0) is 9.10. The monoisotopic (exact) mass is 177 g/mol. The molecule has 68 valence electrons. The Morgan fingerprint density at radius 1 is 1.62 bits per heavy atom. The second kappa shape index (κ2) is 3.35. The van der Waals surface area contributed by atoms with E-state index in [1.807, 2.05) is 19.3 Å². The summed E-state index contributed by atoms with van der Waals surface area (Å²) in [6.07, 6.45) is 7.11. The van der Waals surface area contributed by atoms with E-state index < -0.39 is 0 Å². The summed E-state index contributed by atoms with van der Waals surface area (Å²) in [4.78, 5) is 0. The van der Waals surface area contributed by atoms with Gasteiger partial charge in [-0.05, 0) is 6.07 Å². The third kappa shape index (κ3) is 1.90. The number of aromatic nitrogens is 2. The molecule has 1 N–H and O–H groups in total. The number of nitrogens with zero attached hydrogens (tertiary/aromatic N) is 2. The number of aryl methyl sites for hydroxylation is 1. The van der Waals surface area contributed by atoms with E-state index in [0.29, 0.717) is 0 Å². The van der Waals surface area contributed by atoms with Gasteiger partial charge in [-0.15, -0.1) is 0 Å². The molecule has 0 amide bonds. The van der Waals surface area contributed by atoms with E-state index in [0.717, 1.165) is 17.8 Å².